The molecule has 0 saturated heterocycles. The fourth-order valence-corrected chi connectivity index (χ4v) is 1.67. The lowest BCUT2D eigenvalue weighted by molar-refractivity contribution is -0.116. The van der Waals surface area contributed by atoms with Crippen LogP contribution in [0, 0.1) is 0 Å². The molecule has 0 aliphatic carbocycles. The molecular weight excluding hydrogens is 188 g/mol. The van der Waals surface area contributed by atoms with Crippen LogP contribution in [0.3, 0.4) is 0 Å². The van der Waals surface area contributed by atoms with Gasteiger partial charge in [0.1, 0.15) is 5.82 Å². The largest absolute Gasteiger partial charge is 0.310 e. The summed E-state index contributed by atoms with van der Waals surface area (Å²) < 4.78 is 0. The van der Waals surface area contributed by atoms with Crippen LogP contribution < -0.4 is 5.32 Å². The molecule has 1 aromatic heterocycles. The van der Waals surface area contributed by atoms with E-state index in [1.807, 2.05) is 6.20 Å². The van der Waals surface area contributed by atoms with Crippen LogP contribution in [-0.4, -0.2) is 10.9 Å². The summed E-state index contributed by atoms with van der Waals surface area (Å²) in [6, 6.07) is 2.15. The third-order valence-corrected chi connectivity index (χ3v) is 2.71. The van der Waals surface area contributed by atoms with Crippen LogP contribution >= 0.6 is 0 Å². The molecule has 1 aliphatic heterocycles. The van der Waals surface area contributed by atoms with Crippen molar-refractivity contribution in [1.29, 1.82) is 0 Å². The molecule has 0 bridgehead atoms. The van der Waals surface area contributed by atoms with E-state index < -0.39 is 0 Å². The topological polar surface area (TPSA) is 42.0 Å². The number of hydrogen-bond acceptors (Lipinski definition) is 2. The Bertz CT molecular complexity index is 405. The third-order valence-electron chi connectivity index (χ3n) is 2.71. The summed E-state index contributed by atoms with van der Waals surface area (Å²) in [4.78, 5) is 15.5. The molecule has 0 aromatic carbocycles. The first-order valence-electron chi connectivity index (χ1n) is 5.26. The summed E-state index contributed by atoms with van der Waals surface area (Å²) in [5.41, 5.74) is 2.49. The van der Waals surface area contributed by atoms with Crippen molar-refractivity contribution in [2.24, 2.45) is 0 Å². The van der Waals surface area contributed by atoms with Crippen molar-refractivity contribution in [1.82, 2.24) is 4.98 Å². The average Bonchev–Trinajstić information content (AvgIpc) is 2.15. The van der Waals surface area contributed by atoms with E-state index in [1.54, 1.807) is 0 Å². The standard InChI is InChI=1S/C12H16N2O/c1-12(2,3)9-6-8-4-5-10(15)14-11(8)13-7-9/h6-7H,4-5H2,1-3H3,(H,13,14,15). The monoisotopic (exact) mass is 204 g/mol. The fraction of sp³-hybridized carbons (Fsp3) is 0.500. The summed E-state index contributed by atoms with van der Waals surface area (Å²) in [6.07, 6.45) is 3.23. The van der Waals surface area contributed by atoms with Gasteiger partial charge >= 0.3 is 0 Å². The molecule has 0 spiro atoms. The third kappa shape index (κ3) is 2.01. The zero-order valence-corrected chi connectivity index (χ0v) is 9.42. The van der Waals surface area contributed by atoms with Gasteiger partial charge < -0.3 is 5.32 Å². The smallest absolute Gasteiger partial charge is 0.225 e. The molecule has 3 nitrogen and oxygen atoms in total. The van der Waals surface area contributed by atoms with E-state index in [4.69, 9.17) is 0 Å². The second-order valence-corrected chi connectivity index (χ2v) is 5.03. The van der Waals surface area contributed by atoms with Crippen LogP contribution in [0.15, 0.2) is 12.3 Å². The highest BCUT2D eigenvalue weighted by Gasteiger charge is 2.20. The molecule has 1 aliphatic rings. The molecule has 0 radical (unpaired) electrons. The van der Waals surface area contributed by atoms with Gasteiger partial charge in [-0.3, -0.25) is 4.79 Å². The number of hydrogen-bond donors (Lipinski definition) is 1. The lowest BCUT2D eigenvalue weighted by atomic mass is 9.87. The van der Waals surface area contributed by atoms with Crippen molar-refractivity contribution in [2.45, 2.75) is 39.0 Å². The Morgan fingerprint density at radius 3 is 2.73 bits per heavy atom. The highest BCUT2D eigenvalue weighted by Crippen LogP contribution is 2.27. The van der Waals surface area contributed by atoms with Crippen molar-refractivity contribution < 1.29 is 4.79 Å². The first-order chi connectivity index (χ1) is 6.97. The van der Waals surface area contributed by atoms with Gasteiger partial charge in [0.2, 0.25) is 5.91 Å². The number of rotatable bonds is 0. The number of nitrogens with zero attached hydrogens (tertiary/aromatic N) is 1. The lowest BCUT2D eigenvalue weighted by Crippen LogP contribution is -2.21. The van der Waals surface area contributed by atoms with Gasteiger partial charge in [0.25, 0.3) is 0 Å². The summed E-state index contributed by atoms with van der Waals surface area (Å²) >= 11 is 0. The van der Waals surface area contributed by atoms with Crippen LogP contribution in [0.25, 0.3) is 0 Å². The zero-order chi connectivity index (χ0) is 11.1. The van der Waals surface area contributed by atoms with E-state index in [0.29, 0.717) is 6.42 Å². The minimum absolute atomic E-state index is 0.0681. The Morgan fingerprint density at radius 1 is 1.33 bits per heavy atom. The maximum Gasteiger partial charge on any atom is 0.225 e. The molecule has 1 amide bonds. The summed E-state index contributed by atoms with van der Waals surface area (Å²) in [6.45, 7) is 6.49. The van der Waals surface area contributed by atoms with Crippen molar-refractivity contribution in [3.8, 4) is 0 Å². The number of nitrogens with one attached hydrogen (secondary N) is 1. The molecular formula is C12H16N2O. The van der Waals surface area contributed by atoms with Crippen LogP contribution in [0.2, 0.25) is 0 Å². The Morgan fingerprint density at radius 2 is 2.07 bits per heavy atom. The predicted molar refractivity (Wildman–Crippen MR) is 59.9 cm³/mol. The average molecular weight is 204 g/mol. The van der Waals surface area contributed by atoms with Gasteiger partial charge in [-0.2, -0.15) is 0 Å². The summed E-state index contributed by atoms with van der Waals surface area (Å²) in [5, 5.41) is 2.79. The molecule has 2 heterocycles. The predicted octanol–water partition coefficient (Wildman–Crippen LogP) is 2.26. The van der Waals surface area contributed by atoms with Crippen LogP contribution in [0.5, 0.6) is 0 Å². The maximum atomic E-state index is 11.2. The van der Waals surface area contributed by atoms with Gasteiger partial charge in [0.05, 0.1) is 0 Å². The maximum absolute atomic E-state index is 11.2. The van der Waals surface area contributed by atoms with E-state index >= 15 is 0 Å². The van der Waals surface area contributed by atoms with Crippen LogP contribution in [-0.2, 0) is 16.6 Å². The van der Waals surface area contributed by atoms with Crippen LogP contribution in [0.4, 0.5) is 5.82 Å². The highest BCUT2D eigenvalue weighted by atomic mass is 16.1. The molecule has 1 aromatic rings. The number of fused-ring (bicyclic) bond motifs is 1. The van der Waals surface area contributed by atoms with Crippen LogP contribution in [0.1, 0.15) is 38.3 Å². The van der Waals surface area contributed by atoms with Gasteiger partial charge in [0, 0.05) is 12.6 Å². The van der Waals surface area contributed by atoms with E-state index in [9.17, 15) is 4.79 Å². The van der Waals surface area contributed by atoms with Gasteiger partial charge in [-0.25, -0.2) is 4.98 Å². The SMILES string of the molecule is CC(C)(C)c1cnc2c(c1)CCC(=O)N2. The summed E-state index contributed by atoms with van der Waals surface area (Å²) in [5.74, 6) is 0.803. The molecule has 15 heavy (non-hydrogen) atoms. The molecule has 80 valence electrons. The van der Waals surface area contributed by atoms with E-state index in [1.165, 1.54) is 5.56 Å². The lowest BCUT2D eigenvalue weighted by Gasteiger charge is -2.22. The van der Waals surface area contributed by atoms with Gasteiger partial charge in [0.15, 0.2) is 0 Å². The molecule has 0 saturated carbocycles. The Kier molecular flexibility index (Phi) is 2.25. The molecule has 3 heteroatoms. The number of anilines is 1. The van der Waals surface area contributed by atoms with Gasteiger partial charge in [-0.05, 0) is 23.0 Å². The van der Waals surface area contributed by atoms with Crippen molar-refractivity contribution in [3.63, 3.8) is 0 Å². The molecule has 1 N–H and O–H groups in total. The zero-order valence-electron chi connectivity index (χ0n) is 9.42. The molecule has 0 atom stereocenters. The minimum Gasteiger partial charge on any atom is -0.310 e. The fourth-order valence-electron chi connectivity index (χ4n) is 1.67. The first kappa shape index (κ1) is 10.1. The molecule has 0 fully saturated rings. The number of carbonyl (C=O) groups excluding carboxylic acids is 1. The minimum atomic E-state index is 0.0681. The second kappa shape index (κ2) is 3.33. The Hall–Kier alpha value is -1.38. The highest BCUT2D eigenvalue weighted by molar-refractivity contribution is 5.92. The van der Waals surface area contributed by atoms with Gasteiger partial charge in [-0.1, -0.05) is 26.8 Å². The summed E-state index contributed by atoms with van der Waals surface area (Å²) in [7, 11) is 0. The number of aryl methyl sites for hydroxylation is 1. The van der Waals surface area contributed by atoms with Crippen molar-refractivity contribution >= 4 is 11.7 Å². The van der Waals surface area contributed by atoms with Crippen molar-refractivity contribution in [2.75, 3.05) is 5.32 Å². The number of carbonyl (C=O) groups is 1. The number of amides is 1. The van der Waals surface area contributed by atoms with Gasteiger partial charge in [-0.15, -0.1) is 0 Å². The Labute approximate surface area is 89.9 Å². The number of pyridine rings is 1. The van der Waals surface area contributed by atoms with E-state index in [2.05, 4.69) is 37.1 Å². The quantitative estimate of drug-likeness (QED) is 0.704. The van der Waals surface area contributed by atoms with E-state index in [0.717, 1.165) is 17.8 Å². The Balaban J connectivity index is 2.39. The normalized spacial score (nSPS) is 15.8. The van der Waals surface area contributed by atoms with E-state index in [-0.39, 0.29) is 11.3 Å². The number of aromatic nitrogens is 1. The molecule has 0 unspecified atom stereocenters. The van der Waals surface area contributed by atoms with Crippen molar-refractivity contribution in [3.05, 3.63) is 23.4 Å². The first-order valence-corrected chi connectivity index (χ1v) is 5.26. The second-order valence-electron chi connectivity index (χ2n) is 5.03. The molecule has 2 rings (SSSR count).